The molecule has 0 spiro atoms. The third kappa shape index (κ3) is 2.69. The van der Waals surface area contributed by atoms with Gasteiger partial charge >= 0.3 is 0 Å². The Labute approximate surface area is 116 Å². The zero-order valence-corrected chi connectivity index (χ0v) is 12.4. The molecule has 0 aromatic heterocycles. The first-order valence-electron chi connectivity index (χ1n) is 6.26. The number of amides is 1. The van der Waals surface area contributed by atoms with Crippen molar-refractivity contribution in [2.24, 2.45) is 11.3 Å². The number of nitrogen functional groups attached to an aromatic ring is 1. The minimum absolute atomic E-state index is 0.0887. The third-order valence-electron chi connectivity index (χ3n) is 3.82. The van der Waals surface area contributed by atoms with E-state index < -0.39 is 0 Å². The van der Waals surface area contributed by atoms with Gasteiger partial charge in [-0.25, -0.2) is 0 Å². The number of halogens is 1. The Bertz CT molecular complexity index is 471. The number of rotatable bonds is 2. The summed E-state index contributed by atoms with van der Waals surface area (Å²) in [6.45, 7) is 4.33. The molecule has 98 valence electrons. The summed E-state index contributed by atoms with van der Waals surface area (Å²) in [6.07, 6.45) is 3.21. The lowest BCUT2D eigenvalue weighted by atomic mass is 9.81. The first-order chi connectivity index (χ1) is 8.40. The van der Waals surface area contributed by atoms with E-state index in [1.165, 1.54) is 0 Å². The first kappa shape index (κ1) is 13.4. The number of anilines is 2. The van der Waals surface area contributed by atoms with Crippen LogP contribution in [0.15, 0.2) is 22.7 Å². The monoisotopic (exact) mass is 310 g/mol. The second-order valence-corrected chi connectivity index (χ2v) is 6.52. The van der Waals surface area contributed by atoms with Crippen molar-refractivity contribution in [1.29, 1.82) is 0 Å². The summed E-state index contributed by atoms with van der Waals surface area (Å²) in [5, 5.41) is 2.98. The van der Waals surface area contributed by atoms with Gasteiger partial charge in [-0.2, -0.15) is 0 Å². The van der Waals surface area contributed by atoms with Gasteiger partial charge in [0, 0.05) is 16.1 Å². The van der Waals surface area contributed by atoms with Crippen LogP contribution in [0.1, 0.15) is 33.1 Å². The molecular formula is C14H19BrN2O. The molecule has 0 saturated heterocycles. The van der Waals surface area contributed by atoms with E-state index >= 15 is 0 Å². The summed E-state index contributed by atoms with van der Waals surface area (Å²) >= 11 is 3.43. The summed E-state index contributed by atoms with van der Waals surface area (Å²) in [6, 6.07) is 5.44. The quantitative estimate of drug-likeness (QED) is 0.816. The Kier molecular flexibility index (Phi) is 3.66. The van der Waals surface area contributed by atoms with E-state index in [0.29, 0.717) is 5.69 Å². The van der Waals surface area contributed by atoms with Crippen molar-refractivity contribution >= 4 is 33.2 Å². The number of carbonyl (C=O) groups is 1. The fraction of sp³-hybridized carbons (Fsp3) is 0.500. The molecule has 1 fully saturated rings. The fourth-order valence-electron chi connectivity index (χ4n) is 2.67. The smallest absolute Gasteiger partial charge is 0.228 e. The Morgan fingerprint density at radius 3 is 2.83 bits per heavy atom. The van der Waals surface area contributed by atoms with E-state index in [-0.39, 0.29) is 17.2 Å². The molecule has 1 aliphatic carbocycles. The fourth-order valence-corrected chi connectivity index (χ4v) is 3.02. The number of carbonyl (C=O) groups excluding carboxylic acids is 1. The highest BCUT2D eigenvalue weighted by molar-refractivity contribution is 9.10. The van der Waals surface area contributed by atoms with Gasteiger partial charge in [0.1, 0.15) is 0 Å². The van der Waals surface area contributed by atoms with Crippen LogP contribution in [0.3, 0.4) is 0 Å². The second-order valence-electron chi connectivity index (χ2n) is 5.66. The summed E-state index contributed by atoms with van der Waals surface area (Å²) in [5.41, 5.74) is 7.24. The van der Waals surface area contributed by atoms with Crippen LogP contribution in [0.4, 0.5) is 11.4 Å². The summed E-state index contributed by atoms with van der Waals surface area (Å²) in [7, 11) is 0. The molecule has 1 atom stereocenters. The van der Waals surface area contributed by atoms with E-state index in [2.05, 4.69) is 35.1 Å². The van der Waals surface area contributed by atoms with Crippen molar-refractivity contribution in [3.8, 4) is 0 Å². The van der Waals surface area contributed by atoms with E-state index in [9.17, 15) is 4.79 Å². The maximum Gasteiger partial charge on any atom is 0.228 e. The SMILES string of the molecule is CC1(C)CCCC1C(=O)Nc1cc(N)ccc1Br. The van der Waals surface area contributed by atoms with E-state index in [0.717, 1.165) is 29.4 Å². The highest BCUT2D eigenvalue weighted by Crippen LogP contribution is 2.43. The van der Waals surface area contributed by atoms with E-state index in [4.69, 9.17) is 5.73 Å². The maximum atomic E-state index is 12.3. The van der Waals surface area contributed by atoms with Crippen LogP contribution in [-0.2, 0) is 4.79 Å². The highest BCUT2D eigenvalue weighted by atomic mass is 79.9. The van der Waals surface area contributed by atoms with Crippen LogP contribution < -0.4 is 11.1 Å². The molecule has 4 heteroatoms. The van der Waals surface area contributed by atoms with Crippen LogP contribution in [0.25, 0.3) is 0 Å². The normalized spacial score (nSPS) is 21.8. The lowest BCUT2D eigenvalue weighted by Gasteiger charge is -2.26. The van der Waals surface area contributed by atoms with Crippen molar-refractivity contribution in [2.75, 3.05) is 11.1 Å². The van der Waals surface area contributed by atoms with Gasteiger partial charge in [-0.05, 0) is 52.4 Å². The van der Waals surface area contributed by atoms with Gasteiger partial charge in [0.25, 0.3) is 0 Å². The van der Waals surface area contributed by atoms with Gasteiger partial charge < -0.3 is 11.1 Å². The molecular weight excluding hydrogens is 292 g/mol. The molecule has 1 aromatic carbocycles. The summed E-state index contributed by atoms with van der Waals surface area (Å²) < 4.78 is 0.862. The Morgan fingerprint density at radius 1 is 1.50 bits per heavy atom. The van der Waals surface area contributed by atoms with E-state index in [1.54, 1.807) is 12.1 Å². The van der Waals surface area contributed by atoms with Crippen molar-refractivity contribution in [3.05, 3.63) is 22.7 Å². The van der Waals surface area contributed by atoms with Gasteiger partial charge in [0.2, 0.25) is 5.91 Å². The average Bonchev–Trinajstić information content (AvgIpc) is 2.63. The highest BCUT2D eigenvalue weighted by Gasteiger charge is 2.39. The predicted molar refractivity (Wildman–Crippen MR) is 78.3 cm³/mol. The molecule has 18 heavy (non-hydrogen) atoms. The number of benzene rings is 1. The van der Waals surface area contributed by atoms with Gasteiger partial charge in [-0.1, -0.05) is 20.3 Å². The van der Waals surface area contributed by atoms with Crippen molar-refractivity contribution in [1.82, 2.24) is 0 Å². The summed E-state index contributed by atoms with van der Waals surface area (Å²) in [4.78, 5) is 12.3. The lowest BCUT2D eigenvalue weighted by molar-refractivity contribution is -0.122. The molecule has 1 unspecified atom stereocenters. The van der Waals surface area contributed by atoms with Crippen LogP contribution in [0.5, 0.6) is 0 Å². The Hall–Kier alpha value is -1.03. The molecule has 1 aliphatic rings. The molecule has 2 rings (SSSR count). The van der Waals surface area contributed by atoms with Crippen molar-refractivity contribution in [3.63, 3.8) is 0 Å². The van der Waals surface area contributed by atoms with Crippen LogP contribution >= 0.6 is 15.9 Å². The van der Waals surface area contributed by atoms with Crippen molar-refractivity contribution < 1.29 is 4.79 Å². The number of nitrogens with two attached hydrogens (primary N) is 1. The summed E-state index contributed by atoms with van der Waals surface area (Å²) in [5.74, 6) is 0.189. The van der Waals surface area contributed by atoms with Gasteiger partial charge in [-0.15, -0.1) is 0 Å². The molecule has 1 amide bonds. The minimum Gasteiger partial charge on any atom is -0.399 e. The molecule has 3 N–H and O–H groups in total. The van der Waals surface area contributed by atoms with Crippen molar-refractivity contribution in [2.45, 2.75) is 33.1 Å². The van der Waals surface area contributed by atoms with Crippen LogP contribution in [0, 0.1) is 11.3 Å². The molecule has 3 nitrogen and oxygen atoms in total. The molecule has 1 saturated carbocycles. The molecule has 0 radical (unpaired) electrons. The zero-order valence-electron chi connectivity index (χ0n) is 10.8. The first-order valence-corrected chi connectivity index (χ1v) is 7.05. The molecule has 1 aromatic rings. The maximum absolute atomic E-state index is 12.3. The topological polar surface area (TPSA) is 55.1 Å². The Morgan fingerprint density at radius 2 is 2.22 bits per heavy atom. The van der Waals surface area contributed by atoms with Gasteiger partial charge in [0.15, 0.2) is 0 Å². The van der Waals surface area contributed by atoms with Crippen LogP contribution in [0.2, 0.25) is 0 Å². The predicted octanol–water partition coefficient (Wildman–Crippen LogP) is 3.80. The number of hydrogen-bond acceptors (Lipinski definition) is 2. The largest absolute Gasteiger partial charge is 0.399 e. The minimum atomic E-state index is 0.0887. The number of nitrogens with one attached hydrogen (secondary N) is 1. The Balaban J connectivity index is 2.14. The zero-order chi connectivity index (χ0) is 13.3. The second kappa shape index (κ2) is 4.92. The van der Waals surface area contributed by atoms with E-state index in [1.807, 2.05) is 6.07 Å². The molecule has 0 bridgehead atoms. The average molecular weight is 311 g/mol. The lowest BCUT2D eigenvalue weighted by Crippen LogP contribution is -2.30. The number of hydrogen-bond donors (Lipinski definition) is 2. The standard InChI is InChI=1S/C14H19BrN2O/c1-14(2)7-3-4-10(14)13(18)17-12-8-9(16)5-6-11(12)15/h5-6,8,10H,3-4,7,16H2,1-2H3,(H,17,18). The van der Waals surface area contributed by atoms with Gasteiger partial charge in [0.05, 0.1) is 5.69 Å². The van der Waals surface area contributed by atoms with Gasteiger partial charge in [-0.3, -0.25) is 4.79 Å². The van der Waals surface area contributed by atoms with Crippen LogP contribution in [-0.4, -0.2) is 5.91 Å². The third-order valence-corrected chi connectivity index (χ3v) is 4.51. The molecule has 0 heterocycles. The molecule has 0 aliphatic heterocycles.